The molecule has 1 aliphatic rings. The molecule has 0 aliphatic carbocycles. The molecule has 13 nitrogen and oxygen atoms in total. The van der Waals surface area contributed by atoms with Crippen molar-refractivity contribution in [1.29, 1.82) is 0 Å². The van der Waals surface area contributed by atoms with E-state index in [1.807, 2.05) is 12.4 Å². The van der Waals surface area contributed by atoms with Gasteiger partial charge in [-0.05, 0) is 49.3 Å². The number of hydrogen-bond acceptors (Lipinski definition) is 10. The van der Waals surface area contributed by atoms with E-state index in [0.717, 1.165) is 35.9 Å². The number of carbonyl (C=O) groups excluding carboxylic acids is 4. The summed E-state index contributed by atoms with van der Waals surface area (Å²) in [6.07, 6.45) is 2.06. The predicted molar refractivity (Wildman–Crippen MR) is 161 cm³/mol. The molecule has 246 valence electrons. The SMILES string of the molecule is COc1ccc(C(F)(F)C(=O)N[C@@H](C)C(=O)Nc2ccc([C@H](C)[C@@H](NC(=O)c3cnns3)C(=O)N3CCN(C)CC3)cc2F)cn1. The molecule has 0 radical (unpaired) electrons. The van der Waals surface area contributed by atoms with Crippen LogP contribution in [-0.4, -0.2) is 100 Å². The van der Waals surface area contributed by atoms with Gasteiger partial charge in [0, 0.05) is 49.9 Å². The van der Waals surface area contributed by atoms with Gasteiger partial charge in [0.05, 0.1) is 19.0 Å². The van der Waals surface area contributed by atoms with E-state index in [-0.39, 0.29) is 22.4 Å². The summed E-state index contributed by atoms with van der Waals surface area (Å²) >= 11 is 0.865. The number of likely N-dealkylation sites (N-methyl/N-ethyl adjacent to an activating group) is 1. The second-order valence-electron chi connectivity index (χ2n) is 10.7. The lowest BCUT2D eigenvalue weighted by atomic mass is 9.91. The molecular formula is C29H33F3N8O5S. The van der Waals surface area contributed by atoms with Crippen molar-refractivity contribution >= 4 is 40.8 Å². The number of aromatic nitrogens is 3. The zero-order chi connectivity index (χ0) is 33.6. The highest BCUT2D eigenvalue weighted by Gasteiger charge is 2.42. The van der Waals surface area contributed by atoms with Gasteiger partial charge in [-0.25, -0.2) is 9.37 Å². The maximum absolute atomic E-state index is 15.3. The molecule has 4 amide bonds. The number of rotatable bonds is 11. The number of methoxy groups -OCH3 is 1. The second-order valence-corrected chi connectivity index (χ2v) is 11.5. The number of halogens is 3. The molecule has 1 saturated heterocycles. The third-order valence-corrected chi connectivity index (χ3v) is 8.23. The van der Waals surface area contributed by atoms with Crippen LogP contribution in [0.2, 0.25) is 0 Å². The Balaban J connectivity index is 1.45. The molecule has 3 atom stereocenters. The number of anilines is 1. The zero-order valence-corrected chi connectivity index (χ0v) is 26.2. The van der Waals surface area contributed by atoms with Crippen molar-refractivity contribution < 1.29 is 37.1 Å². The summed E-state index contributed by atoms with van der Waals surface area (Å²) in [5.74, 6) is -9.12. The highest BCUT2D eigenvalue weighted by molar-refractivity contribution is 7.07. The van der Waals surface area contributed by atoms with E-state index in [1.54, 1.807) is 11.8 Å². The highest BCUT2D eigenvalue weighted by Crippen LogP contribution is 2.29. The lowest BCUT2D eigenvalue weighted by molar-refractivity contribution is -0.148. The fourth-order valence-corrected chi connectivity index (χ4v) is 5.04. The number of carbonyl (C=O) groups is 4. The van der Waals surface area contributed by atoms with Gasteiger partial charge in [-0.3, -0.25) is 19.2 Å². The number of piperazine rings is 1. The average Bonchev–Trinajstić information content (AvgIpc) is 3.59. The van der Waals surface area contributed by atoms with Crippen molar-refractivity contribution in [3.8, 4) is 5.88 Å². The molecule has 3 heterocycles. The first kappa shape index (κ1) is 34.2. The Morgan fingerprint density at radius 2 is 1.74 bits per heavy atom. The van der Waals surface area contributed by atoms with Gasteiger partial charge in [-0.2, -0.15) is 8.78 Å². The summed E-state index contributed by atoms with van der Waals surface area (Å²) in [5.41, 5.74) is -0.645. The molecule has 0 bridgehead atoms. The standard InChI is InChI=1S/C29H33F3N8O5S/c1-16(24(37-26(42)22-15-34-38-46-22)27(43)40-11-9-39(3)10-12-40)18-5-7-21(20(30)13-18)36-25(41)17(2)35-28(44)29(31,32)19-6-8-23(45-4)33-14-19/h5-8,13-17,24H,9-12H2,1-4H3,(H,35,44)(H,36,41)(H,37,42)/t16-,17-,24+/m0/s1. The molecule has 1 fully saturated rings. The summed E-state index contributed by atoms with van der Waals surface area (Å²) in [6.45, 7) is 5.03. The van der Waals surface area contributed by atoms with Crippen LogP contribution in [0.25, 0.3) is 0 Å². The van der Waals surface area contributed by atoms with Gasteiger partial charge >= 0.3 is 5.92 Å². The number of amides is 4. The van der Waals surface area contributed by atoms with Gasteiger partial charge in [-0.1, -0.05) is 17.5 Å². The van der Waals surface area contributed by atoms with Crippen molar-refractivity contribution in [3.05, 3.63) is 64.5 Å². The number of pyridine rings is 1. The normalized spacial score (nSPS) is 15.8. The minimum absolute atomic E-state index is 0.0746. The van der Waals surface area contributed by atoms with Crippen molar-refractivity contribution in [2.45, 2.75) is 37.8 Å². The first-order valence-electron chi connectivity index (χ1n) is 14.2. The van der Waals surface area contributed by atoms with Crippen LogP contribution in [0.1, 0.15) is 40.6 Å². The van der Waals surface area contributed by atoms with E-state index in [4.69, 9.17) is 4.74 Å². The van der Waals surface area contributed by atoms with Gasteiger partial charge in [-0.15, -0.1) is 5.10 Å². The summed E-state index contributed by atoms with van der Waals surface area (Å²) in [5, 5.41) is 10.6. The number of nitrogens with zero attached hydrogens (tertiary/aromatic N) is 5. The first-order valence-corrected chi connectivity index (χ1v) is 14.9. The Labute approximate surface area is 266 Å². The topological polar surface area (TPSA) is 159 Å². The third-order valence-electron chi connectivity index (χ3n) is 7.56. The quantitative estimate of drug-likeness (QED) is 0.279. The molecule has 0 unspecified atom stereocenters. The Morgan fingerprint density at radius 3 is 2.33 bits per heavy atom. The van der Waals surface area contributed by atoms with Gasteiger partial charge in [0.1, 0.15) is 22.8 Å². The Kier molecular flexibility index (Phi) is 10.9. The molecule has 0 saturated carbocycles. The summed E-state index contributed by atoms with van der Waals surface area (Å²) in [4.78, 5) is 59.1. The van der Waals surface area contributed by atoms with Crippen LogP contribution in [0.4, 0.5) is 18.9 Å². The number of benzene rings is 1. The molecule has 3 aromatic rings. The lowest BCUT2D eigenvalue weighted by Gasteiger charge is -2.36. The van der Waals surface area contributed by atoms with E-state index in [0.29, 0.717) is 31.7 Å². The van der Waals surface area contributed by atoms with Crippen molar-refractivity contribution in [2.24, 2.45) is 0 Å². The molecule has 0 spiro atoms. The van der Waals surface area contributed by atoms with E-state index in [9.17, 15) is 28.0 Å². The predicted octanol–water partition coefficient (Wildman–Crippen LogP) is 1.99. The van der Waals surface area contributed by atoms with Gasteiger partial charge in [0.2, 0.25) is 17.7 Å². The Morgan fingerprint density at radius 1 is 1.02 bits per heavy atom. The van der Waals surface area contributed by atoms with Crippen molar-refractivity contribution in [1.82, 2.24) is 35.0 Å². The van der Waals surface area contributed by atoms with E-state index in [1.165, 1.54) is 32.4 Å². The minimum Gasteiger partial charge on any atom is -0.481 e. The van der Waals surface area contributed by atoms with E-state index >= 15 is 4.39 Å². The van der Waals surface area contributed by atoms with Gasteiger partial charge in [0.25, 0.3) is 11.8 Å². The van der Waals surface area contributed by atoms with Crippen molar-refractivity contribution in [3.63, 3.8) is 0 Å². The minimum atomic E-state index is -4.01. The molecule has 4 rings (SSSR count). The summed E-state index contributed by atoms with van der Waals surface area (Å²) < 4.78 is 53.2. The van der Waals surface area contributed by atoms with E-state index in [2.05, 4.69) is 30.1 Å². The molecule has 1 aliphatic heterocycles. The maximum Gasteiger partial charge on any atom is 0.351 e. The average molecular weight is 663 g/mol. The largest absolute Gasteiger partial charge is 0.481 e. The molecular weight excluding hydrogens is 629 g/mol. The van der Waals surface area contributed by atoms with Crippen LogP contribution in [0.5, 0.6) is 5.88 Å². The Bertz CT molecular complexity index is 1550. The fraction of sp³-hybridized carbons (Fsp3) is 0.414. The molecule has 17 heteroatoms. The summed E-state index contributed by atoms with van der Waals surface area (Å²) in [7, 11) is 3.24. The van der Waals surface area contributed by atoms with Crippen LogP contribution in [0.3, 0.4) is 0 Å². The van der Waals surface area contributed by atoms with Crippen LogP contribution < -0.4 is 20.7 Å². The Hall–Kier alpha value is -4.64. The molecule has 46 heavy (non-hydrogen) atoms. The van der Waals surface area contributed by atoms with E-state index < -0.39 is 53.0 Å². The monoisotopic (exact) mass is 662 g/mol. The van der Waals surface area contributed by atoms with Crippen LogP contribution in [-0.2, 0) is 20.3 Å². The third kappa shape index (κ3) is 7.95. The number of alkyl halides is 2. The fourth-order valence-electron chi connectivity index (χ4n) is 4.62. The van der Waals surface area contributed by atoms with Crippen LogP contribution in [0, 0.1) is 5.82 Å². The molecule has 1 aromatic carbocycles. The number of nitrogens with one attached hydrogen (secondary N) is 3. The maximum atomic E-state index is 15.3. The van der Waals surface area contributed by atoms with Crippen molar-refractivity contribution in [2.75, 3.05) is 45.7 Å². The van der Waals surface area contributed by atoms with Gasteiger partial charge in [0.15, 0.2) is 0 Å². The molecule has 3 N–H and O–H groups in total. The first-order chi connectivity index (χ1) is 21.8. The second kappa shape index (κ2) is 14.6. The highest BCUT2D eigenvalue weighted by atomic mass is 32.1. The number of hydrogen-bond donors (Lipinski definition) is 3. The van der Waals surface area contributed by atoms with Gasteiger partial charge < -0.3 is 30.5 Å². The van der Waals surface area contributed by atoms with Crippen LogP contribution >= 0.6 is 11.5 Å². The zero-order valence-electron chi connectivity index (χ0n) is 25.4. The lowest BCUT2D eigenvalue weighted by Crippen LogP contribution is -2.55. The summed E-state index contributed by atoms with van der Waals surface area (Å²) in [6, 6.07) is 3.44. The molecule has 2 aromatic heterocycles. The van der Waals surface area contributed by atoms with Crippen LogP contribution in [0.15, 0.2) is 42.7 Å². The smallest absolute Gasteiger partial charge is 0.351 e. The number of ether oxygens (including phenoxy) is 1.